The molecular formula is C21H18ClN7O4. The lowest BCUT2D eigenvalue weighted by Crippen LogP contribution is -2.46. The molecule has 0 spiro atoms. The summed E-state index contributed by atoms with van der Waals surface area (Å²) in [6, 6.07) is 12.2. The minimum absolute atomic E-state index is 0.0971. The first-order chi connectivity index (χ1) is 16.0. The van der Waals surface area contributed by atoms with Crippen LogP contribution in [0, 0.1) is 11.3 Å². The molecule has 1 aliphatic rings. The fourth-order valence-electron chi connectivity index (χ4n) is 3.46. The van der Waals surface area contributed by atoms with E-state index >= 15 is 0 Å². The quantitative estimate of drug-likeness (QED) is 0.547. The topological polar surface area (TPSA) is 146 Å². The van der Waals surface area contributed by atoms with E-state index in [0.717, 1.165) is 5.06 Å². The summed E-state index contributed by atoms with van der Waals surface area (Å²) < 4.78 is 1.44. The molecule has 2 aromatic carbocycles. The van der Waals surface area contributed by atoms with Gasteiger partial charge < -0.3 is 10.4 Å². The highest BCUT2D eigenvalue weighted by Gasteiger charge is 2.39. The summed E-state index contributed by atoms with van der Waals surface area (Å²) in [6.45, 7) is 0.238. The Bertz CT molecular complexity index is 1210. The van der Waals surface area contributed by atoms with Crippen LogP contribution in [-0.4, -0.2) is 54.8 Å². The smallest absolute Gasteiger partial charge is 0.280 e. The highest BCUT2D eigenvalue weighted by molar-refractivity contribution is 6.30. The number of rotatable bonds is 6. The van der Waals surface area contributed by atoms with Gasteiger partial charge in [-0.15, -0.1) is 5.10 Å². The molecule has 2 atom stereocenters. The van der Waals surface area contributed by atoms with Gasteiger partial charge in [0.05, 0.1) is 23.9 Å². The number of aromatic nitrogens is 4. The van der Waals surface area contributed by atoms with E-state index in [1.807, 2.05) is 6.07 Å². The van der Waals surface area contributed by atoms with Crippen LogP contribution in [0.3, 0.4) is 0 Å². The largest absolute Gasteiger partial charge is 0.378 e. The number of hydrogen-bond acceptors (Lipinski definition) is 8. The lowest BCUT2D eigenvalue weighted by Gasteiger charge is -2.24. The number of nitrogens with one attached hydrogen (secondary N) is 1. The van der Waals surface area contributed by atoms with Crippen LogP contribution in [0.4, 0.5) is 0 Å². The van der Waals surface area contributed by atoms with E-state index < -0.39 is 24.0 Å². The molecule has 1 unspecified atom stereocenters. The lowest BCUT2D eigenvalue weighted by molar-refractivity contribution is -0.187. The molecule has 1 fully saturated rings. The molecule has 4 rings (SSSR count). The normalized spacial score (nSPS) is 16.3. The predicted octanol–water partition coefficient (Wildman–Crippen LogP) is 1.07. The monoisotopic (exact) mass is 467 g/mol. The van der Waals surface area contributed by atoms with Crippen LogP contribution in [0.25, 0.3) is 5.69 Å². The standard InChI is InChI=1S/C21H18ClN7O4/c22-16-4-5-17(28-12-25-26-27-28)15(9-16)11-24-20(31)18-6-7-33-29(18)21(32)19(30)14-3-1-2-13(8-14)10-23/h1-5,8-9,12,18-19,30H,6-7,11H2,(H,24,31)/t18-,19?/m0/s1. The molecule has 1 aliphatic heterocycles. The number of amides is 2. The van der Waals surface area contributed by atoms with E-state index in [4.69, 9.17) is 21.7 Å². The molecule has 0 saturated carbocycles. The summed E-state index contributed by atoms with van der Waals surface area (Å²) in [7, 11) is 0. The number of tetrazole rings is 1. The maximum atomic E-state index is 12.9. The zero-order chi connectivity index (χ0) is 23.4. The SMILES string of the molecule is N#Cc1cccc(C(O)C(=O)N2OCC[C@H]2C(=O)NCc2cc(Cl)ccc2-n2cnnn2)c1. The average Bonchev–Trinajstić information content (AvgIpc) is 3.54. The number of carbonyl (C=O) groups is 2. The lowest BCUT2D eigenvalue weighted by atomic mass is 10.1. The third kappa shape index (κ3) is 4.83. The Morgan fingerprint density at radius 3 is 2.94 bits per heavy atom. The minimum atomic E-state index is -1.58. The zero-order valence-corrected chi connectivity index (χ0v) is 17.9. The van der Waals surface area contributed by atoms with Gasteiger partial charge in [-0.05, 0) is 51.9 Å². The zero-order valence-electron chi connectivity index (χ0n) is 17.1. The van der Waals surface area contributed by atoms with Gasteiger partial charge in [-0.1, -0.05) is 23.7 Å². The molecule has 0 aliphatic carbocycles. The number of halogens is 1. The Kier molecular flexibility index (Phi) is 6.60. The van der Waals surface area contributed by atoms with Crippen LogP contribution in [0.2, 0.25) is 5.02 Å². The van der Waals surface area contributed by atoms with Crippen LogP contribution in [0.5, 0.6) is 0 Å². The second-order valence-electron chi connectivity index (χ2n) is 7.19. The van der Waals surface area contributed by atoms with Crippen molar-refractivity contribution in [3.05, 3.63) is 70.5 Å². The number of aliphatic hydroxyl groups excluding tert-OH is 1. The van der Waals surface area contributed by atoms with E-state index in [1.54, 1.807) is 30.3 Å². The van der Waals surface area contributed by atoms with E-state index in [1.165, 1.54) is 23.1 Å². The fraction of sp³-hybridized carbons (Fsp3) is 0.238. The van der Waals surface area contributed by atoms with E-state index in [-0.39, 0.29) is 25.1 Å². The molecule has 3 aromatic rings. The van der Waals surface area contributed by atoms with Gasteiger partial charge in [-0.3, -0.25) is 14.4 Å². The Labute approximate surface area is 193 Å². The van der Waals surface area contributed by atoms with Crippen molar-refractivity contribution in [1.29, 1.82) is 5.26 Å². The first-order valence-corrected chi connectivity index (χ1v) is 10.3. The van der Waals surface area contributed by atoms with Crippen LogP contribution in [0.1, 0.15) is 29.2 Å². The van der Waals surface area contributed by atoms with Gasteiger partial charge in [-0.2, -0.15) is 5.26 Å². The fourth-order valence-corrected chi connectivity index (χ4v) is 3.65. The molecule has 2 amide bonds. The third-order valence-electron chi connectivity index (χ3n) is 5.08. The molecule has 1 aromatic heterocycles. The van der Waals surface area contributed by atoms with E-state index in [9.17, 15) is 14.7 Å². The molecule has 168 valence electrons. The number of nitrogens with zero attached hydrogens (tertiary/aromatic N) is 6. The number of carbonyl (C=O) groups excluding carboxylic acids is 2. The average molecular weight is 468 g/mol. The van der Waals surface area contributed by atoms with Gasteiger partial charge >= 0.3 is 0 Å². The maximum absolute atomic E-state index is 12.9. The van der Waals surface area contributed by atoms with Crippen LogP contribution in [-0.2, 0) is 21.0 Å². The summed E-state index contributed by atoms with van der Waals surface area (Å²) in [6.07, 6.45) is 0.103. The van der Waals surface area contributed by atoms with Crippen LogP contribution < -0.4 is 5.32 Å². The molecule has 12 heteroatoms. The summed E-state index contributed by atoms with van der Waals surface area (Å²) in [5.41, 5.74) is 1.83. The van der Waals surface area contributed by atoms with Crippen molar-refractivity contribution >= 4 is 23.4 Å². The second-order valence-corrected chi connectivity index (χ2v) is 7.62. The Balaban J connectivity index is 1.46. The highest BCUT2D eigenvalue weighted by Crippen LogP contribution is 2.24. The number of nitriles is 1. The number of hydroxylamine groups is 2. The molecule has 33 heavy (non-hydrogen) atoms. The van der Waals surface area contributed by atoms with Gasteiger partial charge in [0.2, 0.25) is 5.91 Å². The van der Waals surface area contributed by atoms with Crippen molar-refractivity contribution in [1.82, 2.24) is 30.6 Å². The number of hydrogen-bond donors (Lipinski definition) is 2. The summed E-state index contributed by atoms with van der Waals surface area (Å²) in [4.78, 5) is 31.1. The number of aliphatic hydroxyl groups is 1. The van der Waals surface area contributed by atoms with Gasteiger partial charge in [0.1, 0.15) is 12.4 Å². The molecule has 11 nitrogen and oxygen atoms in total. The molecule has 2 N–H and O–H groups in total. The molecule has 0 radical (unpaired) electrons. The van der Waals surface area contributed by atoms with Crippen molar-refractivity contribution in [2.75, 3.05) is 6.61 Å². The van der Waals surface area contributed by atoms with Crippen molar-refractivity contribution in [2.24, 2.45) is 0 Å². The van der Waals surface area contributed by atoms with Gasteiger partial charge in [0, 0.05) is 18.0 Å². The predicted molar refractivity (Wildman–Crippen MR) is 113 cm³/mol. The van der Waals surface area contributed by atoms with Crippen molar-refractivity contribution < 1.29 is 19.5 Å². The summed E-state index contributed by atoms with van der Waals surface area (Å²) in [5.74, 6) is -1.25. The molecule has 2 heterocycles. The highest BCUT2D eigenvalue weighted by atomic mass is 35.5. The Morgan fingerprint density at radius 2 is 2.18 bits per heavy atom. The van der Waals surface area contributed by atoms with E-state index in [2.05, 4.69) is 20.8 Å². The first kappa shape index (κ1) is 22.3. The Morgan fingerprint density at radius 1 is 1.33 bits per heavy atom. The van der Waals surface area contributed by atoms with Crippen molar-refractivity contribution in [3.8, 4) is 11.8 Å². The van der Waals surface area contributed by atoms with Crippen molar-refractivity contribution in [2.45, 2.75) is 25.1 Å². The van der Waals surface area contributed by atoms with Crippen LogP contribution >= 0.6 is 11.6 Å². The molecular weight excluding hydrogens is 450 g/mol. The van der Waals surface area contributed by atoms with Gasteiger partial charge in [0.15, 0.2) is 6.10 Å². The minimum Gasteiger partial charge on any atom is -0.378 e. The van der Waals surface area contributed by atoms with E-state index in [0.29, 0.717) is 21.8 Å². The first-order valence-electron chi connectivity index (χ1n) is 9.91. The van der Waals surface area contributed by atoms with Gasteiger partial charge in [0.25, 0.3) is 5.91 Å². The number of benzene rings is 2. The molecule has 1 saturated heterocycles. The maximum Gasteiger partial charge on any atom is 0.280 e. The third-order valence-corrected chi connectivity index (χ3v) is 5.32. The summed E-state index contributed by atoms with van der Waals surface area (Å²) in [5, 5.41) is 34.7. The van der Waals surface area contributed by atoms with Crippen molar-refractivity contribution in [3.63, 3.8) is 0 Å². The summed E-state index contributed by atoms with van der Waals surface area (Å²) >= 11 is 6.11. The second kappa shape index (κ2) is 9.74. The molecule has 0 bridgehead atoms. The van der Waals surface area contributed by atoms with Gasteiger partial charge in [-0.25, -0.2) is 9.75 Å². The van der Waals surface area contributed by atoms with Crippen LogP contribution in [0.15, 0.2) is 48.8 Å². The Hall–Kier alpha value is -3.85.